The van der Waals surface area contributed by atoms with Gasteiger partial charge in [0.15, 0.2) is 0 Å². The molecule has 3 aromatic rings. The Balaban J connectivity index is 1.58. The zero-order chi connectivity index (χ0) is 20.8. The molecular formula is C22H22N2O3S2. The minimum atomic E-state index is -3.73. The first-order valence-corrected chi connectivity index (χ1v) is 11.7. The van der Waals surface area contributed by atoms with Gasteiger partial charge in [-0.25, -0.2) is 13.6 Å². The number of hydrogen-bond acceptors (Lipinski definition) is 4. The van der Waals surface area contributed by atoms with E-state index in [4.69, 9.17) is 5.14 Å². The lowest BCUT2D eigenvalue weighted by Gasteiger charge is -2.25. The summed E-state index contributed by atoms with van der Waals surface area (Å²) in [6.07, 6.45) is 1.95. The molecule has 2 aromatic carbocycles. The second kappa shape index (κ2) is 7.40. The summed E-state index contributed by atoms with van der Waals surface area (Å²) in [7, 11) is -1.96. The molecular weight excluding hydrogens is 404 g/mol. The van der Waals surface area contributed by atoms with Crippen LogP contribution in [0.25, 0.3) is 10.4 Å². The average Bonchev–Trinajstić information content (AvgIpc) is 3.16. The normalized spacial score (nSPS) is 14.0. The fourth-order valence-corrected chi connectivity index (χ4v) is 5.46. The topological polar surface area (TPSA) is 80.5 Å². The molecule has 1 atom stereocenters. The summed E-state index contributed by atoms with van der Waals surface area (Å²) in [4.78, 5) is 16.8. The summed E-state index contributed by atoms with van der Waals surface area (Å²) in [5, 5.41) is 5.16. The highest BCUT2D eigenvalue weighted by molar-refractivity contribution is 7.89. The highest BCUT2D eigenvalue weighted by Gasteiger charge is 2.25. The Morgan fingerprint density at radius 3 is 2.41 bits per heavy atom. The van der Waals surface area contributed by atoms with Gasteiger partial charge in [-0.3, -0.25) is 4.79 Å². The maximum Gasteiger partial charge on any atom is 0.264 e. The van der Waals surface area contributed by atoms with Gasteiger partial charge in [-0.1, -0.05) is 36.4 Å². The number of rotatable bonds is 4. The molecule has 1 aromatic heterocycles. The molecule has 150 valence electrons. The third-order valence-corrected chi connectivity index (χ3v) is 7.67. The van der Waals surface area contributed by atoms with E-state index in [9.17, 15) is 13.2 Å². The summed E-state index contributed by atoms with van der Waals surface area (Å²) in [6, 6.07) is 16.5. The first kappa shape index (κ1) is 19.8. The Hall–Kier alpha value is -2.48. The van der Waals surface area contributed by atoms with E-state index in [1.807, 2.05) is 19.1 Å². The molecule has 1 heterocycles. The van der Waals surface area contributed by atoms with E-state index in [-0.39, 0.29) is 16.8 Å². The number of nitrogens with two attached hydrogens (primary N) is 1. The largest absolute Gasteiger partial charge is 0.334 e. The number of thiophene rings is 1. The van der Waals surface area contributed by atoms with Crippen molar-refractivity contribution in [3.05, 3.63) is 76.2 Å². The lowest BCUT2D eigenvalue weighted by atomic mass is 9.91. The Labute approximate surface area is 174 Å². The number of carbonyl (C=O) groups excluding carboxylic acids is 1. The summed E-state index contributed by atoms with van der Waals surface area (Å²) in [6.45, 7) is 1.92. The molecule has 1 aliphatic carbocycles. The van der Waals surface area contributed by atoms with E-state index in [1.54, 1.807) is 35.4 Å². The highest BCUT2D eigenvalue weighted by Crippen LogP contribution is 2.40. The van der Waals surface area contributed by atoms with Gasteiger partial charge in [0.25, 0.3) is 5.91 Å². The van der Waals surface area contributed by atoms with Gasteiger partial charge in [0.05, 0.1) is 15.8 Å². The Kier molecular flexibility index (Phi) is 5.06. The first-order valence-electron chi connectivity index (χ1n) is 9.36. The van der Waals surface area contributed by atoms with Gasteiger partial charge in [-0.05, 0) is 60.2 Å². The zero-order valence-electron chi connectivity index (χ0n) is 16.3. The molecule has 4 rings (SSSR count). The van der Waals surface area contributed by atoms with Crippen LogP contribution < -0.4 is 5.14 Å². The smallest absolute Gasteiger partial charge is 0.264 e. The van der Waals surface area contributed by atoms with Gasteiger partial charge in [0.2, 0.25) is 10.0 Å². The molecule has 0 spiro atoms. The highest BCUT2D eigenvalue weighted by atomic mass is 32.2. The molecule has 1 unspecified atom stereocenters. The standard InChI is InChI=1S/C22H22N2O3S2/c1-14(15-9-11-18(12-10-15)29(23,26)27)24(2)22(25)20-13-17-8-7-16-5-3-4-6-19(16)21(17)28-20/h3-6,9-14H,7-8H2,1-2H3,(H2,23,26,27). The predicted octanol–water partition coefficient (Wildman–Crippen LogP) is 3.99. The second-order valence-electron chi connectivity index (χ2n) is 7.33. The van der Waals surface area contributed by atoms with Crippen LogP contribution in [0.5, 0.6) is 0 Å². The van der Waals surface area contributed by atoms with Gasteiger partial charge in [0.1, 0.15) is 0 Å². The van der Waals surface area contributed by atoms with E-state index in [0.29, 0.717) is 0 Å². The van der Waals surface area contributed by atoms with Crippen LogP contribution in [-0.2, 0) is 22.9 Å². The van der Waals surface area contributed by atoms with Crippen molar-refractivity contribution in [3.8, 4) is 10.4 Å². The second-order valence-corrected chi connectivity index (χ2v) is 9.94. The SMILES string of the molecule is CC(c1ccc(S(N)(=O)=O)cc1)N(C)C(=O)c1cc2c(s1)-c1ccccc1CC2. The number of sulfonamides is 1. The van der Waals surface area contributed by atoms with Crippen molar-refractivity contribution in [1.82, 2.24) is 4.90 Å². The summed E-state index contributed by atoms with van der Waals surface area (Å²) >= 11 is 1.55. The molecule has 1 amide bonds. The minimum Gasteiger partial charge on any atom is -0.334 e. The van der Waals surface area contributed by atoms with Crippen LogP contribution in [0.15, 0.2) is 59.5 Å². The molecule has 0 saturated carbocycles. The average molecular weight is 427 g/mol. The Bertz CT molecular complexity index is 1180. The summed E-state index contributed by atoms with van der Waals surface area (Å²) < 4.78 is 22.9. The fraction of sp³-hybridized carbons (Fsp3) is 0.227. The Morgan fingerprint density at radius 1 is 1.07 bits per heavy atom. The molecule has 29 heavy (non-hydrogen) atoms. The lowest BCUT2D eigenvalue weighted by molar-refractivity contribution is 0.0747. The lowest BCUT2D eigenvalue weighted by Crippen LogP contribution is -2.29. The fourth-order valence-electron chi connectivity index (χ4n) is 3.69. The number of fused-ring (bicyclic) bond motifs is 3. The molecule has 0 aliphatic heterocycles. The van der Waals surface area contributed by atoms with E-state index in [2.05, 4.69) is 18.2 Å². The van der Waals surface area contributed by atoms with Crippen LogP contribution in [0, 0.1) is 0 Å². The van der Waals surface area contributed by atoms with E-state index in [1.165, 1.54) is 33.7 Å². The van der Waals surface area contributed by atoms with Gasteiger partial charge in [0, 0.05) is 11.9 Å². The van der Waals surface area contributed by atoms with E-state index >= 15 is 0 Å². The van der Waals surface area contributed by atoms with Crippen LogP contribution in [0.4, 0.5) is 0 Å². The van der Waals surface area contributed by atoms with Crippen LogP contribution in [-0.4, -0.2) is 26.3 Å². The molecule has 2 N–H and O–H groups in total. The van der Waals surface area contributed by atoms with Crippen molar-refractivity contribution in [2.45, 2.75) is 30.7 Å². The van der Waals surface area contributed by atoms with Gasteiger partial charge in [-0.2, -0.15) is 0 Å². The van der Waals surface area contributed by atoms with Crippen LogP contribution in [0.3, 0.4) is 0 Å². The summed E-state index contributed by atoms with van der Waals surface area (Å²) in [5.74, 6) is -0.0371. The van der Waals surface area contributed by atoms with Crippen molar-refractivity contribution in [2.75, 3.05) is 7.05 Å². The van der Waals surface area contributed by atoms with Crippen LogP contribution in [0.1, 0.15) is 39.3 Å². The molecule has 1 aliphatic rings. The number of amides is 1. The number of carbonyl (C=O) groups is 1. The number of aryl methyl sites for hydroxylation is 2. The number of hydrogen-bond donors (Lipinski definition) is 1. The molecule has 0 saturated heterocycles. The number of nitrogens with zero attached hydrogens (tertiary/aromatic N) is 1. The quantitative estimate of drug-likeness (QED) is 0.685. The van der Waals surface area contributed by atoms with Crippen LogP contribution >= 0.6 is 11.3 Å². The maximum atomic E-state index is 13.1. The van der Waals surface area contributed by atoms with Crippen molar-refractivity contribution >= 4 is 27.3 Å². The van der Waals surface area contributed by atoms with E-state index < -0.39 is 10.0 Å². The third kappa shape index (κ3) is 3.73. The van der Waals surface area contributed by atoms with Crippen molar-refractivity contribution in [2.24, 2.45) is 5.14 Å². The molecule has 7 heteroatoms. The maximum absolute atomic E-state index is 13.1. The van der Waals surface area contributed by atoms with E-state index in [0.717, 1.165) is 23.3 Å². The van der Waals surface area contributed by atoms with Gasteiger partial charge in [-0.15, -0.1) is 11.3 Å². The molecule has 0 fully saturated rings. The minimum absolute atomic E-state index is 0.0371. The predicted molar refractivity (Wildman–Crippen MR) is 115 cm³/mol. The van der Waals surface area contributed by atoms with Crippen molar-refractivity contribution in [3.63, 3.8) is 0 Å². The molecule has 5 nitrogen and oxygen atoms in total. The number of benzene rings is 2. The zero-order valence-corrected chi connectivity index (χ0v) is 17.9. The number of primary sulfonamides is 1. The summed E-state index contributed by atoms with van der Waals surface area (Å²) in [5.41, 5.74) is 4.64. The molecule has 0 radical (unpaired) electrons. The third-order valence-electron chi connectivity index (χ3n) is 5.54. The van der Waals surface area contributed by atoms with Crippen LogP contribution in [0.2, 0.25) is 0 Å². The van der Waals surface area contributed by atoms with Gasteiger partial charge >= 0.3 is 0 Å². The van der Waals surface area contributed by atoms with Crippen molar-refractivity contribution < 1.29 is 13.2 Å². The monoisotopic (exact) mass is 426 g/mol. The van der Waals surface area contributed by atoms with Gasteiger partial charge < -0.3 is 4.90 Å². The Morgan fingerprint density at radius 2 is 1.72 bits per heavy atom. The van der Waals surface area contributed by atoms with Crippen molar-refractivity contribution in [1.29, 1.82) is 0 Å². The first-order chi connectivity index (χ1) is 13.8. The molecule has 0 bridgehead atoms.